The van der Waals surface area contributed by atoms with Gasteiger partial charge in [-0.3, -0.25) is 10.1 Å². The molecule has 2 N–H and O–H groups in total. The molecule has 25 heavy (non-hydrogen) atoms. The molecule has 0 bridgehead atoms. The van der Waals surface area contributed by atoms with E-state index in [1.54, 1.807) is 24.3 Å². The molecule has 0 aliphatic heterocycles. The van der Waals surface area contributed by atoms with E-state index in [-0.39, 0.29) is 22.0 Å². The second-order valence-electron chi connectivity index (χ2n) is 4.92. The summed E-state index contributed by atoms with van der Waals surface area (Å²) in [6.07, 6.45) is 0. The third-order valence-electron chi connectivity index (χ3n) is 3.05. The van der Waals surface area contributed by atoms with Crippen molar-refractivity contribution in [3.05, 3.63) is 59.1 Å². The van der Waals surface area contributed by atoms with Crippen LogP contribution in [0.15, 0.2) is 53.6 Å². The number of sulfonamides is 1. The zero-order chi connectivity index (χ0) is 18.7. The molecule has 2 aromatic rings. The fraction of sp³-hybridized carbons (Fsp3) is 0.133. The van der Waals surface area contributed by atoms with Crippen molar-refractivity contribution in [1.82, 2.24) is 0 Å². The largest absolute Gasteiger partial charge is 0.516 e. The minimum atomic E-state index is -5.56. The van der Waals surface area contributed by atoms with Crippen molar-refractivity contribution in [1.29, 1.82) is 0 Å². The van der Waals surface area contributed by atoms with Gasteiger partial charge in [-0.2, -0.15) is 26.7 Å². The van der Waals surface area contributed by atoms with Crippen LogP contribution in [0.1, 0.15) is 12.5 Å². The van der Waals surface area contributed by atoms with Crippen LogP contribution in [0, 0.1) is 0 Å². The molecule has 5 nitrogen and oxygen atoms in total. The summed E-state index contributed by atoms with van der Waals surface area (Å²) in [4.78, 5) is 0. The van der Waals surface area contributed by atoms with Crippen molar-refractivity contribution < 1.29 is 21.6 Å². The molecule has 0 aliphatic rings. The van der Waals surface area contributed by atoms with Gasteiger partial charge in [-0.25, -0.2) is 0 Å². The number of hydrogen-bond acceptors (Lipinski definition) is 4. The summed E-state index contributed by atoms with van der Waals surface area (Å²) < 4.78 is 61.9. The lowest BCUT2D eigenvalue weighted by Crippen LogP contribution is -2.30. The van der Waals surface area contributed by atoms with E-state index in [2.05, 4.69) is 10.5 Å². The lowest BCUT2D eigenvalue weighted by atomic mass is 10.1. The average molecular weight is 392 g/mol. The van der Waals surface area contributed by atoms with Gasteiger partial charge in [0.1, 0.15) is 0 Å². The van der Waals surface area contributed by atoms with Gasteiger partial charge in [-0.15, -0.1) is 0 Å². The average Bonchev–Trinajstić information content (AvgIpc) is 2.54. The maximum atomic E-state index is 12.6. The number of hydrazone groups is 1. The molecule has 134 valence electrons. The van der Waals surface area contributed by atoms with E-state index >= 15 is 0 Å². The molecule has 0 fully saturated rings. The minimum Gasteiger partial charge on any atom is -0.278 e. The Morgan fingerprint density at radius 2 is 1.76 bits per heavy atom. The highest BCUT2D eigenvalue weighted by molar-refractivity contribution is 7.93. The maximum Gasteiger partial charge on any atom is 0.516 e. The van der Waals surface area contributed by atoms with Gasteiger partial charge >= 0.3 is 15.5 Å². The maximum absolute atomic E-state index is 12.6. The molecular weight excluding hydrogens is 379 g/mol. The highest BCUT2D eigenvalue weighted by Crippen LogP contribution is 2.28. The van der Waals surface area contributed by atoms with Crippen LogP contribution >= 0.6 is 11.6 Å². The SMILES string of the molecule is CC(=NNc1ccccc1)c1cc(Cl)ccc1NS(=O)(=O)C(F)(F)F. The number of hydrogen-bond donors (Lipinski definition) is 2. The molecule has 0 heterocycles. The van der Waals surface area contributed by atoms with Crippen molar-refractivity contribution in [2.24, 2.45) is 5.10 Å². The molecule has 10 heteroatoms. The molecular formula is C15H13ClF3N3O2S. The highest BCUT2D eigenvalue weighted by Gasteiger charge is 2.46. The number of nitrogens with zero attached hydrogens (tertiary/aromatic N) is 1. The molecule has 0 radical (unpaired) electrons. The third kappa shape index (κ3) is 4.86. The summed E-state index contributed by atoms with van der Waals surface area (Å²) in [6, 6.07) is 12.6. The van der Waals surface area contributed by atoms with E-state index in [9.17, 15) is 21.6 Å². The quantitative estimate of drug-likeness (QED) is 0.584. The zero-order valence-electron chi connectivity index (χ0n) is 12.8. The first-order chi connectivity index (χ1) is 11.6. The fourth-order valence-electron chi connectivity index (χ4n) is 1.83. The minimum absolute atomic E-state index is 0.115. The van der Waals surface area contributed by atoms with Crippen molar-refractivity contribution in [3.63, 3.8) is 0 Å². The van der Waals surface area contributed by atoms with Crippen molar-refractivity contribution in [3.8, 4) is 0 Å². The Hall–Kier alpha value is -2.26. The van der Waals surface area contributed by atoms with Gasteiger partial charge in [-0.1, -0.05) is 29.8 Å². The van der Waals surface area contributed by atoms with Crippen molar-refractivity contribution in [2.45, 2.75) is 12.4 Å². The summed E-state index contributed by atoms with van der Waals surface area (Å²) in [7, 11) is -5.56. The van der Waals surface area contributed by atoms with Crippen LogP contribution in [-0.4, -0.2) is 19.6 Å². The lowest BCUT2D eigenvalue weighted by molar-refractivity contribution is -0.0429. The molecule has 2 rings (SSSR count). The molecule has 2 aromatic carbocycles. The normalized spacial score (nSPS) is 12.8. The lowest BCUT2D eigenvalue weighted by Gasteiger charge is -2.14. The molecule has 0 atom stereocenters. The highest BCUT2D eigenvalue weighted by atomic mass is 35.5. The summed E-state index contributed by atoms with van der Waals surface area (Å²) >= 11 is 5.86. The first-order valence-electron chi connectivity index (χ1n) is 6.84. The van der Waals surface area contributed by atoms with Gasteiger partial charge in [0.2, 0.25) is 0 Å². The van der Waals surface area contributed by atoms with E-state index in [0.717, 1.165) is 6.07 Å². The van der Waals surface area contributed by atoms with Crippen LogP contribution in [0.25, 0.3) is 0 Å². The van der Waals surface area contributed by atoms with Gasteiger partial charge in [0.05, 0.1) is 17.1 Å². The predicted octanol–water partition coefficient (Wildman–Crippen LogP) is 4.44. The topological polar surface area (TPSA) is 70.6 Å². The molecule has 0 unspecified atom stereocenters. The van der Waals surface area contributed by atoms with Gasteiger partial charge in [-0.05, 0) is 37.3 Å². The molecule has 0 amide bonds. The van der Waals surface area contributed by atoms with E-state index in [4.69, 9.17) is 11.6 Å². The smallest absolute Gasteiger partial charge is 0.278 e. The first-order valence-corrected chi connectivity index (χ1v) is 8.70. The van der Waals surface area contributed by atoms with E-state index in [1.165, 1.54) is 23.8 Å². The van der Waals surface area contributed by atoms with Crippen LogP contribution in [0.4, 0.5) is 24.5 Å². The Morgan fingerprint density at radius 1 is 1.12 bits per heavy atom. The number of para-hydroxylation sites is 1. The van der Waals surface area contributed by atoms with Crippen molar-refractivity contribution in [2.75, 3.05) is 10.1 Å². The monoisotopic (exact) mass is 391 g/mol. The third-order valence-corrected chi connectivity index (χ3v) is 4.38. The molecule has 0 saturated carbocycles. The van der Waals surface area contributed by atoms with Crippen LogP contribution in [0.5, 0.6) is 0 Å². The standard InChI is InChI=1S/C15H13ClF3N3O2S/c1-10(20-21-12-5-3-2-4-6-12)13-9-11(16)7-8-14(13)22-25(23,24)15(17,18)19/h2-9,21-22H,1H3. The Morgan fingerprint density at radius 3 is 2.36 bits per heavy atom. The number of benzene rings is 2. The van der Waals surface area contributed by atoms with Gasteiger partial charge in [0.15, 0.2) is 0 Å². The number of rotatable bonds is 5. The van der Waals surface area contributed by atoms with Crippen molar-refractivity contribution >= 4 is 38.7 Å². The summed E-state index contributed by atoms with van der Waals surface area (Å²) in [5, 5.41) is 4.27. The summed E-state index contributed by atoms with van der Waals surface area (Å²) in [5.41, 5.74) is -1.97. The Kier molecular flexibility index (Phi) is 5.58. The molecule has 0 aliphatic carbocycles. The van der Waals surface area contributed by atoms with Crippen LogP contribution < -0.4 is 10.1 Å². The Bertz CT molecular complexity index is 885. The first kappa shape index (κ1) is 19.1. The molecule has 0 spiro atoms. The second kappa shape index (κ2) is 7.32. The zero-order valence-corrected chi connectivity index (χ0v) is 14.4. The number of nitrogens with one attached hydrogen (secondary N) is 2. The number of anilines is 2. The molecule has 0 aromatic heterocycles. The van der Waals surface area contributed by atoms with Crippen LogP contribution in [0.3, 0.4) is 0 Å². The van der Waals surface area contributed by atoms with E-state index in [1.807, 2.05) is 6.07 Å². The Balaban J connectivity index is 2.35. The van der Waals surface area contributed by atoms with E-state index in [0.29, 0.717) is 5.69 Å². The van der Waals surface area contributed by atoms with Gasteiger partial charge in [0.25, 0.3) is 0 Å². The van der Waals surface area contributed by atoms with Gasteiger partial charge < -0.3 is 0 Å². The summed E-state index contributed by atoms with van der Waals surface area (Å²) in [5.74, 6) is 0. The number of alkyl halides is 3. The van der Waals surface area contributed by atoms with E-state index < -0.39 is 15.5 Å². The number of halogens is 4. The van der Waals surface area contributed by atoms with Gasteiger partial charge in [0, 0.05) is 10.6 Å². The fourth-order valence-corrected chi connectivity index (χ4v) is 2.58. The van der Waals surface area contributed by atoms with Crippen LogP contribution in [-0.2, 0) is 10.0 Å². The summed E-state index contributed by atoms with van der Waals surface area (Å²) in [6.45, 7) is 1.51. The second-order valence-corrected chi connectivity index (χ2v) is 7.03. The predicted molar refractivity (Wildman–Crippen MR) is 92.3 cm³/mol. The molecule has 0 saturated heterocycles. The Labute approximate surface area is 147 Å². The van der Waals surface area contributed by atoms with Crippen LogP contribution in [0.2, 0.25) is 5.02 Å².